The lowest BCUT2D eigenvalue weighted by Crippen LogP contribution is -2.10. The second-order valence-electron chi connectivity index (χ2n) is 4.17. The van der Waals surface area contributed by atoms with Gasteiger partial charge in [-0.05, 0) is 32.8 Å². The highest BCUT2D eigenvalue weighted by Crippen LogP contribution is 2.29. The van der Waals surface area contributed by atoms with Gasteiger partial charge < -0.3 is 4.42 Å². The van der Waals surface area contributed by atoms with E-state index in [1.807, 2.05) is 19.9 Å². The van der Waals surface area contributed by atoms with Crippen LogP contribution >= 0.6 is 0 Å². The molecule has 1 aromatic heterocycles. The number of hydrogen-bond acceptors (Lipinski definition) is 2. The minimum absolute atomic E-state index is 0.255. The van der Waals surface area contributed by atoms with Crippen LogP contribution in [0.1, 0.15) is 47.6 Å². The van der Waals surface area contributed by atoms with Crippen molar-refractivity contribution in [3.05, 3.63) is 23.2 Å². The molecule has 0 N–H and O–H groups in total. The molecule has 1 aliphatic carbocycles. The predicted molar refractivity (Wildman–Crippen MR) is 54.5 cm³/mol. The Labute approximate surface area is 84.3 Å². The van der Waals surface area contributed by atoms with Crippen molar-refractivity contribution in [3.8, 4) is 0 Å². The summed E-state index contributed by atoms with van der Waals surface area (Å²) in [5.41, 5.74) is 0.800. The van der Waals surface area contributed by atoms with Crippen LogP contribution in [-0.2, 0) is 0 Å². The molecule has 2 rings (SSSR count). The first-order chi connectivity index (χ1) is 6.68. The van der Waals surface area contributed by atoms with Crippen LogP contribution in [0.15, 0.2) is 10.5 Å². The van der Waals surface area contributed by atoms with Gasteiger partial charge in [0.1, 0.15) is 11.5 Å². The lowest BCUT2D eigenvalue weighted by atomic mass is 9.96. The maximum Gasteiger partial charge on any atom is 0.169 e. The van der Waals surface area contributed by atoms with Gasteiger partial charge in [-0.1, -0.05) is 12.8 Å². The van der Waals surface area contributed by atoms with E-state index >= 15 is 0 Å². The Morgan fingerprint density at radius 2 is 2.00 bits per heavy atom. The van der Waals surface area contributed by atoms with E-state index in [0.717, 1.165) is 29.9 Å². The van der Waals surface area contributed by atoms with Crippen molar-refractivity contribution in [2.24, 2.45) is 5.92 Å². The third-order valence-electron chi connectivity index (χ3n) is 3.03. The molecule has 0 radical (unpaired) electrons. The van der Waals surface area contributed by atoms with Gasteiger partial charge in [0, 0.05) is 5.92 Å². The molecule has 2 nitrogen and oxygen atoms in total. The van der Waals surface area contributed by atoms with Gasteiger partial charge in [0.25, 0.3) is 0 Å². The van der Waals surface area contributed by atoms with Crippen molar-refractivity contribution in [2.45, 2.75) is 39.5 Å². The SMILES string of the molecule is Cc1cc(C(=O)C2CCCC2)c(C)o1. The zero-order chi connectivity index (χ0) is 10.1. The quantitative estimate of drug-likeness (QED) is 0.673. The molecule has 0 unspecified atom stereocenters. The molecule has 0 aromatic carbocycles. The third kappa shape index (κ3) is 1.61. The van der Waals surface area contributed by atoms with E-state index in [1.54, 1.807) is 0 Å². The Hall–Kier alpha value is -1.05. The highest BCUT2D eigenvalue weighted by atomic mass is 16.3. The van der Waals surface area contributed by atoms with Crippen molar-refractivity contribution in [2.75, 3.05) is 0 Å². The molecular formula is C12H16O2. The summed E-state index contributed by atoms with van der Waals surface area (Å²) in [5, 5.41) is 0. The number of carbonyl (C=O) groups is 1. The van der Waals surface area contributed by atoms with Gasteiger partial charge in [0.05, 0.1) is 5.56 Å². The lowest BCUT2D eigenvalue weighted by molar-refractivity contribution is 0.0921. The van der Waals surface area contributed by atoms with Crippen molar-refractivity contribution in [3.63, 3.8) is 0 Å². The Bertz CT molecular complexity index is 343. The third-order valence-corrected chi connectivity index (χ3v) is 3.03. The monoisotopic (exact) mass is 192 g/mol. The normalized spacial score (nSPS) is 17.6. The van der Waals surface area contributed by atoms with Gasteiger partial charge in [0.15, 0.2) is 5.78 Å². The van der Waals surface area contributed by atoms with Crippen molar-refractivity contribution >= 4 is 5.78 Å². The minimum Gasteiger partial charge on any atom is -0.466 e. The molecule has 0 atom stereocenters. The van der Waals surface area contributed by atoms with Gasteiger partial charge in [-0.2, -0.15) is 0 Å². The Morgan fingerprint density at radius 3 is 2.50 bits per heavy atom. The molecule has 0 aliphatic heterocycles. The maximum absolute atomic E-state index is 12.0. The highest BCUT2D eigenvalue weighted by Gasteiger charge is 2.26. The summed E-state index contributed by atoms with van der Waals surface area (Å²) >= 11 is 0. The number of Topliss-reactive ketones (excluding diaryl/α,β-unsaturated/α-hetero) is 1. The molecule has 1 aliphatic rings. The molecule has 14 heavy (non-hydrogen) atoms. The maximum atomic E-state index is 12.0. The molecule has 2 heteroatoms. The molecule has 0 bridgehead atoms. The van der Waals surface area contributed by atoms with Crippen LogP contribution in [0.2, 0.25) is 0 Å². The summed E-state index contributed by atoms with van der Waals surface area (Å²) < 4.78 is 5.37. The summed E-state index contributed by atoms with van der Waals surface area (Å²) in [6.45, 7) is 3.76. The summed E-state index contributed by atoms with van der Waals surface area (Å²) in [6.07, 6.45) is 4.52. The van der Waals surface area contributed by atoms with E-state index in [4.69, 9.17) is 4.42 Å². The molecule has 1 fully saturated rings. The first-order valence-electron chi connectivity index (χ1n) is 5.29. The molecule has 0 spiro atoms. The van der Waals surface area contributed by atoms with Crippen LogP contribution in [0, 0.1) is 19.8 Å². The number of rotatable bonds is 2. The van der Waals surface area contributed by atoms with Crippen LogP contribution in [0.4, 0.5) is 0 Å². The molecule has 0 amide bonds. The van der Waals surface area contributed by atoms with Gasteiger partial charge in [-0.15, -0.1) is 0 Å². The van der Waals surface area contributed by atoms with Crippen LogP contribution in [0.3, 0.4) is 0 Å². The number of furan rings is 1. The van der Waals surface area contributed by atoms with Gasteiger partial charge in [-0.3, -0.25) is 4.79 Å². The number of hydrogen-bond donors (Lipinski definition) is 0. The molecule has 1 saturated carbocycles. The Kier molecular flexibility index (Phi) is 2.44. The summed E-state index contributed by atoms with van der Waals surface area (Å²) in [6, 6.07) is 1.87. The minimum atomic E-state index is 0.255. The summed E-state index contributed by atoms with van der Waals surface area (Å²) in [5.74, 6) is 2.16. The molecular weight excluding hydrogens is 176 g/mol. The van der Waals surface area contributed by atoms with E-state index in [-0.39, 0.29) is 11.7 Å². The average molecular weight is 192 g/mol. The fourth-order valence-electron chi connectivity index (χ4n) is 2.28. The van der Waals surface area contributed by atoms with Crippen molar-refractivity contribution in [1.82, 2.24) is 0 Å². The highest BCUT2D eigenvalue weighted by molar-refractivity contribution is 5.98. The zero-order valence-electron chi connectivity index (χ0n) is 8.80. The van der Waals surface area contributed by atoms with E-state index in [0.29, 0.717) is 0 Å². The van der Waals surface area contributed by atoms with Crippen LogP contribution in [0.5, 0.6) is 0 Å². The Morgan fingerprint density at radius 1 is 1.36 bits per heavy atom. The number of ketones is 1. The number of aryl methyl sites for hydroxylation is 2. The first kappa shape index (κ1) is 9.50. The van der Waals surface area contributed by atoms with Crippen LogP contribution < -0.4 is 0 Å². The standard InChI is InChI=1S/C12H16O2/c1-8-7-11(9(2)14-8)12(13)10-5-3-4-6-10/h7,10H,3-6H2,1-2H3. The lowest BCUT2D eigenvalue weighted by Gasteiger charge is -2.05. The van der Waals surface area contributed by atoms with Crippen LogP contribution in [-0.4, -0.2) is 5.78 Å². The second-order valence-corrected chi connectivity index (χ2v) is 4.17. The fourth-order valence-corrected chi connectivity index (χ4v) is 2.28. The van der Waals surface area contributed by atoms with Crippen molar-refractivity contribution < 1.29 is 9.21 Å². The summed E-state index contributed by atoms with van der Waals surface area (Å²) in [4.78, 5) is 12.0. The van der Waals surface area contributed by atoms with Gasteiger partial charge in [0.2, 0.25) is 0 Å². The molecule has 1 heterocycles. The van der Waals surface area contributed by atoms with E-state index < -0.39 is 0 Å². The van der Waals surface area contributed by atoms with Gasteiger partial charge >= 0.3 is 0 Å². The van der Waals surface area contributed by atoms with Crippen molar-refractivity contribution in [1.29, 1.82) is 0 Å². The second kappa shape index (κ2) is 3.60. The molecule has 76 valence electrons. The van der Waals surface area contributed by atoms with Crippen LogP contribution in [0.25, 0.3) is 0 Å². The predicted octanol–water partition coefficient (Wildman–Crippen LogP) is 3.27. The van der Waals surface area contributed by atoms with E-state index in [1.165, 1.54) is 12.8 Å². The molecule has 1 aromatic rings. The fraction of sp³-hybridized carbons (Fsp3) is 0.583. The zero-order valence-corrected chi connectivity index (χ0v) is 8.80. The largest absolute Gasteiger partial charge is 0.466 e. The molecule has 0 saturated heterocycles. The van der Waals surface area contributed by atoms with Gasteiger partial charge in [-0.25, -0.2) is 0 Å². The average Bonchev–Trinajstić information content (AvgIpc) is 2.73. The van der Waals surface area contributed by atoms with E-state index in [2.05, 4.69) is 0 Å². The Balaban J connectivity index is 2.21. The topological polar surface area (TPSA) is 30.2 Å². The number of carbonyl (C=O) groups excluding carboxylic acids is 1. The van der Waals surface area contributed by atoms with E-state index in [9.17, 15) is 4.79 Å². The first-order valence-corrected chi connectivity index (χ1v) is 5.29. The summed E-state index contributed by atoms with van der Waals surface area (Å²) in [7, 11) is 0. The smallest absolute Gasteiger partial charge is 0.169 e.